The Morgan fingerprint density at radius 2 is 1.90 bits per heavy atom. The standard InChI is InChI=1S/C6H4Br2ClN/c7-3-1-2-4(9)5(8)6(3)10/h1-2H,10H2. The maximum Gasteiger partial charge on any atom is 0.0618 e. The van der Waals surface area contributed by atoms with E-state index in [0.29, 0.717) is 10.7 Å². The first-order chi connectivity index (χ1) is 4.63. The lowest BCUT2D eigenvalue weighted by Crippen LogP contribution is -1.87. The minimum atomic E-state index is 0.626. The Labute approximate surface area is 80.8 Å². The van der Waals surface area contributed by atoms with Crippen LogP contribution in [0.5, 0.6) is 0 Å². The largest absolute Gasteiger partial charge is 0.397 e. The van der Waals surface area contributed by atoms with Crippen molar-refractivity contribution in [3.05, 3.63) is 26.1 Å². The van der Waals surface area contributed by atoms with Gasteiger partial charge in [-0.3, -0.25) is 0 Å². The van der Waals surface area contributed by atoms with Gasteiger partial charge in [0.05, 0.1) is 15.2 Å². The molecule has 0 aliphatic carbocycles. The number of benzene rings is 1. The number of hydrogen-bond acceptors (Lipinski definition) is 1. The van der Waals surface area contributed by atoms with E-state index in [1.807, 2.05) is 6.07 Å². The summed E-state index contributed by atoms with van der Waals surface area (Å²) in [6, 6.07) is 3.58. The zero-order chi connectivity index (χ0) is 7.72. The molecule has 0 aromatic heterocycles. The molecule has 0 saturated heterocycles. The zero-order valence-electron chi connectivity index (χ0n) is 4.87. The van der Waals surface area contributed by atoms with Crippen molar-refractivity contribution in [3.63, 3.8) is 0 Å². The highest BCUT2D eigenvalue weighted by molar-refractivity contribution is 9.11. The number of halogens is 3. The second-order valence-electron chi connectivity index (χ2n) is 1.76. The summed E-state index contributed by atoms with van der Waals surface area (Å²) in [7, 11) is 0. The van der Waals surface area contributed by atoms with Gasteiger partial charge in [0.1, 0.15) is 0 Å². The fourth-order valence-electron chi connectivity index (χ4n) is 0.543. The molecule has 2 N–H and O–H groups in total. The molecule has 4 heteroatoms. The van der Waals surface area contributed by atoms with E-state index < -0.39 is 0 Å². The first-order valence-corrected chi connectivity index (χ1v) is 4.48. The van der Waals surface area contributed by atoms with Crippen LogP contribution in [0.3, 0.4) is 0 Å². The normalized spacial score (nSPS) is 9.90. The lowest BCUT2D eigenvalue weighted by Gasteiger charge is -2.01. The van der Waals surface area contributed by atoms with Crippen molar-refractivity contribution >= 4 is 49.1 Å². The zero-order valence-corrected chi connectivity index (χ0v) is 8.79. The van der Waals surface area contributed by atoms with Gasteiger partial charge in [0.15, 0.2) is 0 Å². The topological polar surface area (TPSA) is 26.0 Å². The average molecular weight is 285 g/mol. The smallest absolute Gasteiger partial charge is 0.0618 e. The molecule has 1 aromatic rings. The van der Waals surface area contributed by atoms with Crippen LogP contribution in [-0.2, 0) is 0 Å². The van der Waals surface area contributed by atoms with E-state index in [1.54, 1.807) is 6.07 Å². The van der Waals surface area contributed by atoms with Gasteiger partial charge in [0, 0.05) is 4.47 Å². The third-order valence-corrected chi connectivity index (χ3v) is 3.17. The quantitative estimate of drug-likeness (QED) is 0.573. The van der Waals surface area contributed by atoms with Crippen molar-refractivity contribution in [2.24, 2.45) is 0 Å². The minimum absolute atomic E-state index is 0.626. The Morgan fingerprint density at radius 1 is 1.30 bits per heavy atom. The van der Waals surface area contributed by atoms with Crippen LogP contribution in [0.25, 0.3) is 0 Å². The number of nitrogens with two attached hydrogens (primary N) is 1. The highest BCUT2D eigenvalue weighted by Crippen LogP contribution is 2.33. The second-order valence-corrected chi connectivity index (χ2v) is 3.81. The van der Waals surface area contributed by atoms with Crippen molar-refractivity contribution in [1.29, 1.82) is 0 Å². The molecule has 10 heavy (non-hydrogen) atoms. The third kappa shape index (κ3) is 1.47. The summed E-state index contributed by atoms with van der Waals surface area (Å²) in [5.74, 6) is 0. The van der Waals surface area contributed by atoms with Crippen LogP contribution in [0.4, 0.5) is 5.69 Å². The van der Waals surface area contributed by atoms with Crippen molar-refractivity contribution in [2.45, 2.75) is 0 Å². The van der Waals surface area contributed by atoms with Gasteiger partial charge in [-0.25, -0.2) is 0 Å². The minimum Gasteiger partial charge on any atom is -0.397 e. The monoisotopic (exact) mass is 283 g/mol. The first kappa shape index (κ1) is 8.37. The van der Waals surface area contributed by atoms with Crippen LogP contribution >= 0.6 is 43.5 Å². The van der Waals surface area contributed by atoms with E-state index >= 15 is 0 Å². The molecule has 0 unspecified atom stereocenters. The van der Waals surface area contributed by atoms with E-state index in [9.17, 15) is 0 Å². The van der Waals surface area contributed by atoms with Gasteiger partial charge in [0.2, 0.25) is 0 Å². The van der Waals surface area contributed by atoms with Crippen LogP contribution in [0, 0.1) is 0 Å². The van der Waals surface area contributed by atoms with Crippen LogP contribution in [-0.4, -0.2) is 0 Å². The summed E-state index contributed by atoms with van der Waals surface area (Å²) in [6.07, 6.45) is 0. The number of anilines is 1. The summed E-state index contributed by atoms with van der Waals surface area (Å²) in [5.41, 5.74) is 6.24. The molecular weight excluding hydrogens is 281 g/mol. The first-order valence-electron chi connectivity index (χ1n) is 2.52. The fraction of sp³-hybridized carbons (Fsp3) is 0. The van der Waals surface area contributed by atoms with Gasteiger partial charge in [-0.2, -0.15) is 0 Å². The molecular formula is C6H4Br2ClN. The molecule has 0 heterocycles. The molecule has 0 bridgehead atoms. The molecule has 0 saturated carbocycles. The summed E-state index contributed by atoms with van der Waals surface area (Å²) in [5, 5.41) is 0.626. The average Bonchev–Trinajstić information content (AvgIpc) is 1.93. The third-order valence-electron chi connectivity index (χ3n) is 1.08. The highest BCUT2D eigenvalue weighted by Gasteiger charge is 2.03. The molecule has 54 valence electrons. The fourth-order valence-corrected chi connectivity index (χ4v) is 1.65. The molecule has 0 fully saturated rings. The maximum absolute atomic E-state index is 5.74. The van der Waals surface area contributed by atoms with Gasteiger partial charge >= 0.3 is 0 Å². The van der Waals surface area contributed by atoms with Crippen LogP contribution in [0.2, 0.25) is 5.02 Å². The molecule has 0 radical (unpaired) electrons. The van der Waals surface area contributed by atoms with Crippen LogP contribution < -0.4 is 5.73 Å². The Morgan fingerprint density at radius 3 is 2.40 bits per heavy atom. The van der Waals surface area contributed by atoms with E-state index in [1.165, 1.54) is 0 Å². The van der Waals surface area contributed by atoms with E-state index in [2.05, 4.69) is 31.9 Å². The summed E-state index contributed by atoms with van der Waals surface area (Å²) in [4.78, 5) is 0. The predicted octanol–water partition coefficient (Wildman–Crippen LogP) is 3.45. The lowest BCUT2D eigenvalue weighted by atomic mass is 10.3. The molecule has 0 amide bonds. The van der Waals surface area contributed by atoms with Crippen molar-refractivity contribution in [2.75, 3.05) is 5.73 Å². The number of nitrogen functional groups attached to an aromatic ring is 1. The molecule has 0 atom stereocenters. The lowest BCUT2D eigenvalue weighted by molar-refractivity contribution is 1.59. The SMILES string of the molecule is Nc1c(Br)ccc(Cl)c1Br. The van der Waals surface area contributed by atoms with Gasteiger partial charge in [-0.05, 0) is 44.0 Å². The van der Waals surface area contributed by atoms with E-state index in [-0.39, 0.29) is 0 Å². The Bertz CT molecular complexity index is 235. The number of rotatable bonds is 0. The highest BCUT2D eigenvalue weighted by atomic mass is 79.9. The van der Waals surface area contributed by atoms with Gasteiger partial charge in [-0.1, -0.05) is 11.6 Å². The molecule has 1 nitrogen and oxygen atoms in total. The van der Waals surface area contributed by atoms with Crippen molar-refractivity contribution < 1.29 is 0 Å². The van der Waals surface area contributed by atoms with E-state index in [4.69, 9.17) is 17.3 Å². The Balaban J connectivity index is 3.34. The summed E-state index contributed by atoms with van der Waals surface area (Å²) in [6.45, 7) is 0. The Hall–Kier alpha value is 0.270. The molecule has 0 spiro atoms. The molecule has 1 aromatic carbocycles. The van der Waals surface area contributed by atoms with Crippen molar-refractivity contribution in [1.82, 2.24) is 0 Å². The van der Waals surface area contributed by atoms with Gasteiger partial charge in [-0.15, -0.1) is 0 Å². The molecule has 0 aliphatic heterocycles. The van der Waals surface area contributed by atoms with Gasteiger partial charge < -0.3 is 5.73 Å². The van der Waals surface area contributed by atoms with Crippen molar-refractivity contribution in [3.8, 4) is 0 Å². The molecule has 1 rings (SSSR count). The number of hydrogen-bond donors (Lipinski definition) is 1. The van der Waals surface area contributed by atoms with Gasteiger partial charge in [0.25, 0.3) is 0 Å². The van der Waals surface area contributed by atoms with Crippen LogP contribution in [0.15, 0.2) is 21.1 Å². The maximum atomic E-state index is 5.74. The summed E-state index contributed by atoms with van der Waals surface area (Å²) >= 11 is 12.2. The molecule has 0 aliphatic rings. The Kier molecular flexibility index (Phi) is 2.61. The van der Waals surface area contributed by atoms with E-state index in [0.717, 1.165) is 8.95 Å². The summed E-state index contributed by atoms with van der Waals surface area (Å²) < 4.78 is 1.59. The second kappa shape index (κ2) is 3.11. The van der Waals surface area contributed by atoms with Crippen LogP contribution in [0.1, 0.15) is 0 Å². The predicted molar refractivity (Wildman–Crippen MR) is 51.3 cm³/mol.